The van der Waals surface area contributed by atoms with E-state index in [2.05, 4.69) is 20.2 Å². The number of amides is 1. The minimum atomic E-state index is -0.728. The Hall–Kier alpha value is -3.26. The van der Waals surface area contributed by atoms with E-state index in [1.54, 1.807) is 12.4 Å². The molecular formula is C20H20N6O2. The smallest absolute Gasteiger partial charge is 0.252 e. The van der Waals surface area contributed by atoms with Gasteiger partial charge in [-0.2, -0.15) is 4.98 Å². The highest BCUT2D eigenvalue weighted by molar-refractivity contribution is 6.06. The van der Waals surface area contributed by atoms with Crippen LogP contribution in [0.5, 0.6) is 0 Å². The first-order valence-corrected chi connectivity index (χ1v) is 9.36. The molecule has 1 amide bonds. The van der Waals surface area contributed by atoms with E-state index in [0.717, 1.165) is 17.2 Å². The zero-order valence-electron chi connectivity index (χ0n) is 15.5. The van der Waals surface area contributed by atoms with Gasteiger partial charge in [0.15, 0.2) is 5.82 Å². The van der Waals surface area contributed by atoms with E-state index in [1.807, 2.05) is 48.0 Å². The fraction of sp³-hybridized carbons (Fsp3) is 0.300. The van der Waals surface area contributed by atoms with E-state index >= 15 is 0 Å². The molecule has 2 aliphatic heterocycles. The van der Waals surface area contributed by atoms with Crippen molar-refractivity contribution in [2.75, 3.05) is 30.0 Å². The molecule has 142 valence electrons. The van der Waals surface area contributed by atoms with Gasteiger partial charge in [0, 0.05) is 24.5 Å². The molecule has 0 aliphatic carbocycles. The number of carbonyl (C=O) groups is 1. The predicted molar refractivity (Wildman–Crippen MR) is 104 cm³/mol. The lowest BCUT2D eigenvalue weighted by molar-refractivity contribution is -0.125. The molecule has 3 aromatic rings. The summed E-state index contributed by atoms with van der Waals surface area (Å²) in [6.45, 7) is 3.53. The monoisotopic (exact) mass is 376 g/mol. The lowest BCUT2D eigenvalue weighted by Crippen LogP contribution is -2.66. The topological polar surface area (TPSA) is 85.2 Å². The fourth-order valence-electron chi connectivity index (χ4n) is 3.92. The summed E-state index contributed by atoms with van der Waals surface area (Å²) in [5.41, 5.74) is 0.881. The van der Waals surface area contributed by atoms with E-state index in [4.69, 9.17) is 9.72 Å². The molecule has 0 radical (unpaired) electrons. The first-order valence-electron chi connectivity index (χ1n) is 9.36. The first-order chi connectivity index (χ1) is 13.7. The maximum absolute atomic E-state index is 12.8. The summed E-state index contributed by atoms with van der Waals surface area (Å²) in [4.78, 5) is 28.6. The van der Waals surface area contributed by atoms with Crippen LogP contribution in [0.3, 0.4) is 0 Å². The first kappa shape index (κ1) is 16.9. The molecule has 5 rings (SSSR count). The van der Waals surface area contributed by atoms with Crippen molar-refractivity contribution in [3.8, 4) is 17.3 Å². The van der Waals surface area contributed by atoms with Crippen LogP contribution in [0.4, 0.5) is 11.5 Å². The van der Waals surface area contributed by atoms with Gasteiger partial charge in [-0.15, -0.1) is 0 Å². The number of nitrogens with one attached hydrogen (secondary N) is 1. The zero-order valence-corrected chi connectivity index (χ0v) is 15.5. The van der Waals surface area contributed by atoms with Crippen molar-refractivity contribution in [3.05, 3.63) is 48.9 Å². The summed E-state index contributed by atoms with van der Waals surface area (Å²) in [5.74, 6) is 1.94. The second-order valence-electron chi connectivity index (χ2n) is 6.94. The van der Waals surface area contributed by atoms with E-state index in [1.165, 1.54) is 0 Å². The van der Waals surface area contributed by atoms with Crippen LogP contribution in [0.25, 0.3) is 17.3 Å². The molecule has 1 aromatic carbocycles. The lowest BCUT2D eigenvalue weighted by atomic mass is 9.90. The number of aromatic nitrogens is 4. The Kier molecular flexibility index (Phi) is 3.87. The molecule has 1 N–H and O–H groups in total. The molecule has 28 heavy (non-hydrogen) atoms. The average molecular weight is 376 g/mol. The molecule has 0 bridgehead atoms. The number of imidazole rings is 1. The maximum atomic E-state index is 12.8. The van der Waals surface area contributed by atoms with Crippen LogP contribution in [0.15, 0.2) is 48.9 Å². The van der Waals surface area contributed by atoms with Gasteiger partial charge in [0.1, 0.15) is 17.1 Å². The Bertz CT molecular complexity index is 1030. The number of rotatable bonds is 3. The number of hydrogen-bond donors (Lipinski definition) is 1. The predicted octanol–water partition coefficient (Wildman–Crippen LogP) is 2.27. The number of benzene rings is 1. The summed E-state index contributed by atoms with van der Waals surface area (Å²) < 4.78 is 7.50. The van der Waals surface area contributed by atoms with Crippen molar-refractivity contribution < 1.29 is 9.53 Å². The van der Waals surface area contributed by atoms with Crippen LogP contribution in [-0.2, 0) is 9.53 Å². The minimum absolute atomic E-state index is 0.0637. The van der Waals surface area contributed by atoms with Gasteiger partial charge in [-0.25, -0.2) is 9.97 Å². The average Bonchev–Trinajstić information content (AvgIpc) is 3.24. The lowest BCUT2D eigenvalue weighted by Gasteiger charge is -2.48. The Morgan fingerprint density at radius 2 is 2.11 bits per heavy atom. The van der Waals surface area contributed by atoms with Gasteiger partial charge in [-0.05, 0) is 6.42 Å². The van der Waals surface area contributed by atoms with Crippen LogP contribution in [0.2, 0.25) is 0 Å². The third-order valence-corrected chi connectivity index (χ3v) is 5.47. The molecular weight excluding hydrogens is 356 g/mol. The van der Waals surface area contributed by atoms with E-state index in [-0.39, 0.29) is 5.91 Å². The van der Waals surface area contributed by atoms with Crippen molar-refractivity contribution in [1.82, 2.24) is 19.5 Å². The third-order valence-electron chi connectivity index (χ3n) is 5.47. The van der Waals surface area contributed by atoms with Gasteiger partial charge in [0.2, 0.25) is 5.95 Å². The molecule has 0 spiro atoms. The molecule has 1 fully saturated rings. The number of carbonyl (C=O) groups excluding carboxylic acids is 1. The van der Waals surface area contributed by atoms with Crippen LogP contribution >= 0.6 is 0 Å². The Morgan fingerprint density at radius 3 is 2.93 bits per heavy atom. The van der Waals surface area contributed by atoms with Crippen molar-refractivity contribution in [3.63, 3.8) is 0 Å². The quantitative estimate of drug-likeness (QED) is 0.755. The van der Waals surface area contributed by atoms with Crippen molar-refractivity contribution in [1.29, 1.82) is 0 Å². The zero-order chi connectivity index (χ0) is 19.1. The van der Waals surface area contributed by atoms with E-state index in [0.29, 0.717) is 37.8 Å². The molecule has 0 saturated carbocycles. The number of anilines is 2. The molecule has 2 aliphatic rings. The van der Waals surface area contributed by atoms with Crippen LogP contribution in [0, 0.1) is 0 Å². The molecule has 1 atom stereocenters. The third kappa shape index (κ3) is 2.41. The Labute approximate surface area is 162 Å². The number of nitrogens with zero attached hydrogens (tertiary/aromatic N) is 5. The second kappa shape index (κ2) is 6.42. The summed E-state index contributed by atoms with van der Waals surface area (Å²) in [5, 5.41) is 2.96. The standard InChI is InChI=1S/C20H20N6O2/c1-2-20-13-28-11-10-26(20)17-15(23-18(20)27)12-22-19(24-17)25-9-8-21-16(25)14-6-4-3-5-7-14/h3-9,12H,2,10-11,13H2,1H3,(H,23,27)/t20-/m1/s1. The molecule has 1 saturated heterocycles. The van der Waals surface area contributed by atoms with Crippen molar-refractivity contribution in [2.24, 2.45) is 0 Å². The second-order valence-corrected chi connectivity index (χ2v) is 6.94. The minimum Gasteiger partial charge on any atom is -0.377 e. The number of ether oxygens (including phenoxy) is 1. The molecule has 8 heteroatoms. The van der Waals surface area contributed by atoms with Gasteiger partial charge < -0.3 is 15.0 Å². The van der Waals surface area contributed by atoms with Gasteiger partial charge in [0.05, 0.1) is 19.4 Å². The highest BCUT2D eigenvalue weighted by atomic mass is 16.5. The normalized spacial score (nSPS) is 21.0. The van der Waals surface area contributed by atoms with E-state index in [9.17, 15) is 4.79 Å². The fourth-order valence-corrected chi connectivity index (χ4v) is 3.92. The highest BCUT2D eigenvalue weighted by Gasteiger charge is 2.49. The van der Waals surface area contributed by atoms with Gasteiger partial charge in [-0.3, -0.25) is 9.36 Å². The highest BCUT2D eigenvalue weighted by Crippen LogP contribution is 2.39. The van der Waals surface area contributed by atoms with E-state index < -0.39 is 5.54 Å². The summed E-state index contributed by atoms with van der Waals surface area (Å²) in [7, 11) is 0. The molecule has 8 nitrogen and oxygen atoms in total. The van der Waals surface area contributed by atoms with Crippen LogP contribution in [-0.4, -0.2) is 50.7 Å². The molecule has 2 aromatic heterocycles. The molecule has 0 unspecified atom stereocenters. The Morgan fingerprint density at radius 1 is 1.25 bits per heavy atom. The maximum Gasteiger partial charge on any atom is 0.252 e. The van der Waals surface area contributed by atoms with Crippen molar-refractivity contribution >= 4 is 17.4 Å². The number of hydrogen-bond acceptors (Lipinski definition) is 6. The molecule has 4 heterocycles. The number of fused-ring (bicyclic) bond motifs is 3. The SMILES string of the molecule is CC[C@]12COCCN1c1nc(-n3ccnc3-c3ccccc3)ncc1NC2=O. The van der Waals surface area contributed by atoms with Gasteiger partial charge in [-0.1, -0.05) is 37.3 Å². The summed E-state index contributed by atoms with van der Waals surface area (Å²) in [6.07, 6.45) is 5.88. The number of morpholine rings is 1. The van der Waals surface area contributed by atoms with Crippen molar-refractivity contribution in [2.45, 2.75) is 18.9 Å². The summed E-state index contributed by atoms with van der Waals surface area (Å²) >= 11 is 0. The largest absolute Gasteiger partial charge is 0.377 e. The van der Waals surface area contributed by atoms with Crippen LogP contribution in [0.1, 0.15) is 13.3 Å². The van der Waals surface area contributed by atoms with Crippen LogP contribution < -0.4 is 10.2 Å². The van der Waals surface area contributed by atoms with Gasteiger partial charge in [0.25, 0.3) is 5.91 Å². The Balaban J connectivity index is 1.62. The summed E-state index contributed by atoms with van der Waals surface area (Å²) in [6, 6.07) is 9.92. The van der Waals surface area contributed by atoms with Gasteiger partial charge >= 0.3 is 0 Å².